The maximum Gasteiger partial charge on any atom is 0.0540 e. The highest BCUT2D eigenvalue weighted by atomic mass is 16.3. The van der Waals surface area contributed by atoms with Crippen LogP contribution in [0.3, 0.4) is 0 Å². The van der Waals surface area contributed by atoms with Gasteiger partial charge in [0.05, 0.1) is 12.2 Å². The van der Waals surface area contributed by atoms with Crippen LogP contribution in [0.1, 0.15) is 97.3 Å². The van der Waals surface area contributed by atoms with E-state index in [9.17, 15) is 10.2 Å². The summed E-state index contributed by atoms with van der Waals surface area (Å²) in [5.41, 5.74) is 0. The van der Waals surface area contributed by atoms with Gasteiger partial charge in [-0.15, -0.1) is 0 Å². The third-order valence-electron chi connectivity index (χ3n) is 3.86. The first-order chi connectivity index (χ1) is 9.20. The Morgan fingerprint density at radius 2 is 0.947 bits per heavy atom. The normalized spacial score (nSPS) is 14.5. The first-order valence-corrected chi connectivity index (χ1v) is 8.56. The minimum Gasteiger partial charge on any atom is -0.393 e. The summed E-state index contributed by atoms with van der Waals surface area (Å²) in [6.07, 6.45) is 14.2. The zero-order valence-electron chi connectivity index (χ0n) is 13.2. The van der Waals surface area contributed by atoms with Crippen LogP contribution in [0.5, 0.6) is 0 Å². The van der Waals surface area contributed by atoms with Gasteiger partial charge < -0.3 is 10.2 Å². The van der Waals surface area contributed by atoms with Crippen molar-refractivity contribution >= 4 is 0 Å². The lowest BCUT2D eigenvalue weighted by molar-refractivity contribution is 0.121. The molecule has 2 heteroatoms. The van der Waals surface area contributed by atoms with Crippen molar-refractivity contribution in [3.8, 4) is 0 Å². The summed E-state index contributed by atoms with van der Waals surface area (Å²) in [6, 6.07) is 0. The number of unbranched alkanes of at least 4 members (excludes halogenated alkanes) is 6. The second-order valence-electron chi connectivity index (χ2n) is 5.94. The van der Waals surface area contributed by atoms with Crippen molar-refractivity contribution in [2.75, 3.05) is 0 Å². The Morgan fingerprint density at radius 3 is 1.53 bits per heavy atom. The van der Waals surface area contributed by atoms with Crippen molar-refractivity contribution in [3.05, 3.63) is 0 Å². The van der Waals surface area contributed by atoms with Crippen LogP contribution < -0.4 is 0 Å². The fourth-order valence-electron chi connectivity index (χ4n) is 2.48. The molecule has 2 unspecified atom stereocenters. The predicted octanol–water partition coefficient (Wildman–Crippen LogP) is 4.82. The summed E-state index contributed by atoms with van der Waals surface area (Å²) >= 11 is 0. The summed E-state index contributed by atoms with van der Waals surface area (Å²) in [5.74, 6) is 0. The Labute approximate surface area is 120 Å². The number of hydrogen-bond acceptors (Lipinski definition) is 2. The average Bonchev–Trinajstić information content (AvgIpc) is 2.40. The molecule has 2 nitrogen and oxygen atoms in total. The van der Waals surface area contributed by atoms with Crippen molar-refractivity contribution in [2.45, 2.75) is 110 Å². The molecule has 0 aliphatic heterocycles. The van der Waals surface area contributed by atoms with Crippen molar-refractivity contribution in [3.63, 3.8) is 0 Å². The van der Waals surface area contributed by atoms with Gasteiger partial charge in [-0.3, -0.25) is 0 Å². The molecule has 0 bridgehead atoms. The van der Waals surface area contributed by atoms with E-state index in [2.05, 4.69) is 13.8 Å². The van der Waals surface area contributed by atoms with E-state index in [0.29, 0.717) is 0 Å². The molecule has 0 aromatic rings. The van der Waals surface area contributed by atoms with E-state index in [1.165, 1.54) is 32.1 Å². The molecule has 19 heavy (non-hydrogen) atoms. The summed E-state index contributed by atoms with van der Waals surface area (Å²) < 4.78 is 0. The molecule has 0 spiro atoms. The van der Waals surface area contributed by atoms with Gasteiger partial charge in [0.1, 0.15) is 0 Å². The van der Waals surface area contributed by atoms with E-state index in [4.69, 9.17) is 0 Å². The van der Waals surface area contributed by atoms with E-state index in [-0.39, 0.29) is 12.2 Å². The van der Waals surface area contributed by atoms with Gasteiger partial charge in [0.25, 0.3) is 0 Å². The molecule has 0 saturated carbocycles. The Kier molecular flexibility index (Phi) is 14.3. The molecule has 0 aromatic carbocycles. The van der Waals surface area contributed by atoms with Crippen LogP contribution in [0.25, 0.3) is 0 Å². The lowest BCUT2D eigenvalue weighted by atomic mass is 10.0. The molecule has 0 radical (unpaired) electrons. The van der Waals surface area contributed by atoms with E-state index < -0.39 is 0 Å². The first kappa shape index (κ1) is 18.9. The maximum atomic E-state index is 9.86. The van der Waals surface area contributed by atoms with Crippen LogP contribution in [0.15, 0.2) is 0 Å². The molecule has 2 N–H and O–H groups in total. The van der Waals surface area contributed by atoms with Gasteiger partial charge in [-0.2, -0.15) is 0 Å². The Bertz CT molecular complexity index is 171. The standard InChI is InChI=1S/C17H36O2/c1-3-5-7-8-9-10-13-17(19)15-11-14-16(18)12-6-4-2/h16-19H,3-15H2,1-2H3. The number of rotatable bonds is 14. The molecule has 0 aliphatic carbocycles. The largest absolute Gasteiger partial charge is 0.393 e. The summed E-state index contributed by atoms with van der Waals surface area (Å²) in [5, 5.41) is 19.6. The predicted molar refractivity (Wildman–Crippen MR) is 83.4 cm³/mol. The monoisotopic (exact) mass is 272 g/mol. The summed E-state index contributed by atoms with van der Waals surface area (Å²) in [4.78, 5) is 0. The van der Waals surface area contributed by atoms with Crippen LogP contribution in [0.4, 0.5) is 0 Å². The fraction of sp³-hybridized carbons (Fsp3) is 1.00. The Morgan fingerprint density at radius 1 is 0.526 bits per heavy atom. The van der Waals surface area contributed by atoms with Crippen molar-refractivity contribution < 1.29 is 10.2 Å². The molecule has 0 fully saturated rings. The van der Waals surface area contributed by atoms with Crippen LogP contribution in [-0.2, 0) is 0 Å². The molecule has 0 aromatic heterocycles. The topological polar surface area (TPSA) is 40.5 Å². The van der Waals surface area contributed by atoms with E-state index in [1.54, 1.807) is 0 Å². The van der Waals surface area contributed by atoms with Crippen LogP contribution >= 0.6 is 0 Å². The molecule has 0 rings (SSSR count). The zero-order valence-corrected chi connectivity index (χ0v) is 13.2. The van der Waals surface area contributed by atoms with Gasteiger partial charge in [0.2, 0.25) is 0 Å². The quantitative estimate of drug-likeness (QED) is 0.445. The third-order valence-corrected chi connectivity index (χ3v) is 3.86. The maximum absolute atomic E-state index is 9.86. The van der Waals surface area contributed by atoms with Gasteiger partial charge in [-0.1, -0.05) is 65.2 Å². The molecule has 2 atom stereocenters. The van der Waals surface area contributed by atoms with Gasteiger partial charge in [0, 0.05) is 0 Å². The molecular formula is C17H36O2. The molecule has 0 saturated heterocycles. The van der Waals surface area contributed by atoms with Gasteiger partial charge in [-0.05, 0) is 32.1 Å². The third kappa shape index (κ3) is 14.1. The van der Waals surface area contributed by atoms with Gasteiger partial charge in [-0.25, -0.2) is 0 Å². The van der Waals surface area contributed by atoms with Crippen LogP contribution in [0.2, 0.25) is 0 Å². The van der Waals surface area contributed by atoms with E-state index in [0.717, 1.165) is 51.4 Å². The second-order valence-corrected chi connectivity index (χ2v) is 5.94. The molecular weight excluding hydrogens is 236 g/mol. The average molecular weight is 272 g/mol. The number of aliphatic hydroxyl groups excluding tert-OH is 2. The smallest absolute Gasteiger partial charge is 0.0540 e. The van der Waals surface area contributed by atoms with Gasteiger partial charge >= 0.3 is 0 Å². The second kappa shape index (κ2) is 14.3. The number of aliphatic hydroxyl groups is 2. The molecule has 0 aliphatic rings. The lowest BCUT2D eigenvalue weighted by Crippen LogP contribution is -2.10. The van der Waals surface area contributed by atoms with Crippen LogP contribution in [-0.4, -0.2) is 22.4 Å². The summed E-state index contributed by atoms with van der Waals surface area (Å²) in [6.45, 7) is 4.38. The van der Waals surface area contributed by atoms with E-state index in [1.807, 2.05) is 0 Å². The first-order valence-electron chi connectivity index (χ1n) is 8.56. The molecule has 0 heterocycles. The van der Waals surface area contributed by atoms with Gasteiger partial charge in [0.15, 0.2) is 0 Å². The molecule has 0 amide bonds. The zero-order chi connectivity index (χ0) is 14.3. The summed E-state index contributed by atoms with van der Waals surface area (Å²) in [7, 11) is 0. The minimum absolute atomic E-state index is 0.149. The lowest BCUT2D eigenvalue weighted by Gasteiger charge is -2.13. The Hall–Kier alpha value is -0.0800. The fourth-order valence-corrected chi connectivity index (χ4v) is 2.48. The number of hydrogen-bond donors (Lipinski definition) is 2. The highest BCUT2D eigenvalue weighted by Gasteiger charge is 2.07. The van der Waals surface area contributed by atoms with Crippen molar-refractivity contribution in [1.82, 2.24) is 0 Å². The van der Waals surface area contributed by atoms with Crippen molar-refractivity contribution in [1.29, 1.82) is 0 Å². The van der Waals surface area contributed by atoms with Crippen molar-refractivity contribution in [2.24, 2.45) is 0 Å². The highest BCUT2D eigenvalue weighted by molar-refractivity contribution is 4.61. The highest BCUT2D eigenvalue weighted by Crippen LogP contribution is 2.14. The SMILES string of the molecule is CCCCCCCCC(O)CCCC(O)CCCC. The molecule has 116 valence electrons. The Balaban J connectivity index is 3.27. The minimum atomic E-state index is -0.152. The van der Waals surface area contributed by atoms with E-state index >= 15 is 0 Å². The van der Waals surface area contributed by atoms with Crippen LogP contribution in [0, 0.1) is 0 Å².